The van der Waals surface area contributed by atoms with Crippen LogP contribution in [0.15, 0.2) is 121 Å². The first-order valence-electron chi connectivity index (χ1n) is 20.9. The Kier molecular flexibility index (Phi) is 21.8. The smallest absolute Gasteiger partial charge is 0.410 e. The normalized spacial score (nSPS) is 16.8. The summed E-state index contributed by atoms with van der Waals surface area (Å²) in [6, 6.07) is 39.9. The molecular formula is C49H65ClN4O6. The zero-order valence-electron chi connectivity index (χ0n) is 35.0. The summed E-state index contributed by atoms with van der Waals surface area (Å²) in [7, 11) is 0. The molecule has 4 aromatic rings. The highest BCUT2D eigenvalue weighted by atomic mass is 35.5. The third-order valence-electron chi connectivity index (χ3n) is 10.7. The molecule has 0 aliphatic carbocycles. The van der Waals surface area contributed by atoms with Crippen molar-refractivity contribution in [1.82, 2.24) is 9.80 Å². The molecule has 324 valence electrons. The number of para-hydroxylation sites is 2. The van der Waals surface area contributed by atoms with E-state index in [1.165, 1.54) is 0 Å². The fourth-order valence-electron chi connectivity index (χ4n) is 7.27. The van der Waals surface area contributed by atoms with Gasteiger partial charge in [-0.2, -0.15) is 0 Å². The standard InChI is InChI=1S/C24H30N2O3.C21H26N2O2.C3H5ClO.CH4/c1-3-23(27)26(22-14-8-5-9-15-22)19(2)21-13-10-16-25(17-21)24(28)29-18-20-11-6-4-7-12-20;1-17(22-20-12-6-3-7-13-20)19-11-8-14-23(15-19)21(24)25-16-18-9-4-2-5-10-18;1-2-3(4)5;/h4-9,11-12,14-15,19,21H,3,10,13,16-18H2,1-2H3;2-7,9-10,12-13,17,19,22H,8,11,14-16H2,1H3;2H2,1H3;1H4/t19-,21+;17-,19+;;/m11../s1. The van der Waals surface area contributed by atoms with Crippen LogP contribution in [0.1, 0.15) is 84.8 Å². The van der Waals surface area contributed by atoms with Crippen LogP contribution >= 0.6 is 11.6 Å². The molecule has 2 aliphatic rings. The summed E-state index contributed by atoms with van der Waals surface area (Å²) in [5, 5.41) is 3.28. The molecule has 4 atom stereocenters. The SMILES string of the molecule is C.CCC(=O)Cl.CCC(=O)N(c1ccccc1)[C@H](C)[C@H]1CCCN(C(=O)OCc2ccccc2)C1.C[C@@H](Nc1ccccc1)[C@H]1CCCN(C(=O)OCc2ccccc2)C1. The number of benzene rings is 4. The third kappa shape index (κ3) is 16.4. The maximum absolute atomic E-state index is 12.7. The lowest BCUT2D eigenvalue weighted by atomic mass is 9.90. The molecule has 11 heteroatoms. The molecular weight excluding hydrogens is 776 g/mol. The molecule has 4 aromatic carbocycles. The van der Waals surface area contributed by atoms with Crippen LogP contribution in [-0.4, -0.2) is 71.4 Å². The summed E-state index contributed by atoms with van der Waals surface area (Å²) in [6.45, 7) is 11.3. The van der Waals surface area contributed by atoms with Crippen LogP contribution in [0, 0.1) is 11.8 Å². The Morgan fingerprint density at radius 3 is 1.53 bits per heavy atom. The number of ether oxygens (including phenoxy) is 2. The van der Waals surface area contributed by atoms with Gasteiger partial charge in [-0.05, 0) is 98.4 Å². The number of likely N-dealkylation sites (tertiary alicyclic amines) is 2. The van der Waals surface area contributed by atoms with Crippen molar-refractivity contribution in [2.45, 2.75) is 98.9 Å². The van der Waals surface area contributed by atoms with E-state index in [0.29, 0.717) is 44.5 Å². The van der Waals surface area contributed by atoms with Gasteiger partial charge in [-0.15, -0.1) is 0 Å². The van der Waals surface area contributed by atoms with Crippen molar-refractivity contribution >= 4 is 46.3 Å². The van der Waals surface area contributed by atoms with Crippen LogP contribution < -0.4 is 10.2 Å². The quantitative estimate of drug-likeness (QED) is 0.142. The maximum atomic E-state index is 12.7. The highest BCUT2D eigenvalue weighted by molar-refractivity contribution is 6.63. The van der Waals surface area contributed by atoms with Crippen molar-refractivity contribution in [3.8, 4) is 0 Å². The lowest BCUT2D eigenvalue weighted by Gasteiger charge is -2.40. The van der Waals surface area contributed by atoms with Gasteiger partial charge >= 0.3 is 12.2 Å². The predicted molar refractivity (Wildman–Crippen MR) is 243 cm³/mol. The average molecular weight is 842 g/mol. The van der Waals surface area contributed by atoms with Crippen molar-refractivity contribution in [3.05, 3.63) is 132 Å². The Hall–Kier alpha value is -5.35. The molecule has 0 radical (unpaired) electrons. The average Bonchev–Trinajstić information content (AvgIpc) is 3.29. The van der Waals surface area contributed by atoms with Gasteiger partial charge < -0.3 is 29.5 Å². The van der Waals surface area contributed by atoms with Gasteiger partial charge in [-0.1, -0.05) is 118 Å². The number of rotatable bonds is 12. The van der Waals surface area contributed by atoms with Crippen LogP contribution in [-0.2, 0) is 32.3 Å². The van der Waals surface area contributed by atoms with Gasteiger partial charge in [0.1, 0.15) is 13.2 Å². The first kappa shape index (κ1) is 49.0. The monoisotopic (exact) mass is 840 g/mol. The van der Waals surface area contributed by atoms with Crippen LogP contribution in [0.4, 0.5) is 21.0 Å². The Bertz CT molecular complexity index is 1840. The number of hydrogen-bond acceptors (Lipinski definition) is 7. The minimum absolute atomic E-state index is 0. The topological polar surface area (TPSA) is 108 Å². The van der Waals surface area contributed by atoms with Gasteiger partial charge in [0.25, 0.3) is 0 Å². The van der Waals surface area contributed by atoms with E-state index in [0.717, 1.165) is 61.3 Å². The lowest BCUT2D eigenvalue weighted by Crippen LogP contribution is -2.50. The first-order chi connectivity index (χ1) is 28.6. The van der Waals surface area contributed by atoms with Crippen LogP contribution in [0.5, 0.6) is 0 Å². The van der Waals surface area contributed by atoms with E-state index in [2.05, 4.69) is 31.3 Å². The molecule has 0 saturated carbocycles. The summed E-state index contributed by atoms with van der Waals surface area (Å²) >= 11 is 4.82. The van der Waals surface area contributed by atoms with E-state index < -0.39 is 0 Å². The number of piperidine rings is 2. The first-order valence-corrected chi connectivity index (χ1v) is 21.3. The van der Waals surface area contributed by atoms with Crippen molar-refractivity contribution in [2.75, 3.05) is 36.4 Å². The van der Waals surface area contributed by atoms with Crippen LogP contribution in [0.3, 0.4) is 0 Å². The van der Waals surface area contributed by atoms with Crippen molar-refractivity contribution in [3.63, 3.8) is 0 Å². The molecule has 6 rings (SSSR count). The number of anilines is 2. The second-order valence-electron chi connectivity index (χ2n) is 15.0. The van der Waals surface area contributed by atoms with Gasteiger partial charge in [0, 0.05) is 62.5 Å². The predicted octanol–water partition coefficient (Wildman–Crippen LogP) is 11.2. The van der Waals surface area contributed by atoms with E-state index in [-0.39, 0.29) is 49.3 Å². The second-order valence-corrected chi connectivity index (χ2v) is 15.4. The maximum Gasteiger partial charge on any atom is 0.410 e. The number of carbonyl (C=O) groups excluding carboxylic acids is 4. The third-order valence-corrected chi connectivity index (χ3v) is 11.0. The molecule has 60 heavy (non-hydrogen) atoms. The number of hydrogen-bond donors (Lipinski definition) is 1. The van der Waals surface area contributed by atoms with E-state index >= 15 is 0 Å². The number of nitrogens with one attached hydrogen (secondary N) is 1. The van der Waals surface area contributed by atoms with Crippen LogP contribution in [0.25, 0.3) is 0 Å². The van der Waals surface area contributed by atoms with E-state index in [1.807, 2.05) is 126 Å². The van der Waals surface area contributed by atoms with Gasteiger partial charge in [0.2, 0.25) is 11.1 Å². The molecule has 0 aromatic heterocycles. The summed E-state index contributed by atoms with van der Waals surface area (Å²) in [4.78, 5) is 52.8. The summed E-state index contributed by atoms with van der Waals surface area (Å²) in [5.74, 6) is 0.745. The molecule has 3 amide bonds. The Morgan fingerprint density at radius 1 is 0.667 bits per heavy atom. The van der Waals surface area contributed by atoms with Gasteiger partial charge in [-0.3, -0.25) is 9.59 Å². The second kappa shape index (κ2) is 26.7. The lowest BCUT2D eigenvalue weighted by molar-refractivity contribution is -0.119. The molecule has 2 heterocycles. The van der Waals surface area contributed by atoms with E-state index in [1.54, 1.807) is 11.8 Å². The minimum atomic E-state index is -0.279. The van der Waals surface area contributed by atoms with E-state index in [4.69, 9.17) is 21.1 Å². The number of amides is 3. The molecule has 0 bridgehead atoms. The van der Waals surface area contributed by atoms with E-state index in [9.17, 15) is 19.2 Å². The zero-order chi connectivity index (χ0) is 42.4. The molecule has 0 spiro atoms. The van der Waals surface area contributed by atoms with Gasteiger partial charge in [0.15, 0.2) is 0 Å². The largest absolute Gasteiger partial charge is 0.445 e. The Labute approximate surface area is 363 Å². The van der Waals surface area contributed by atoms with Crippen molar-refractivity contribution in [2.24, 2.45) is 11.8 Å². The summed E-state index contributed by atoms with van der Waals surface area (Å²) in [6.07, 6.45) is 4.45. The fourth-order valence-corrected chi connectivity index (χ4v) is 7.27. The molecule has 10 nitrogen and oxygen atoms in total. The molecule has 0 unspecified atom stereocenters. The molecule has 1 N–H and O–H groups in total. The number of carbonyl (C=O) groups is 4. The summed E-state index contributed by atoms with van der Waals surface area (Å²) < 4.78 is 11.0. The van der Waals surface area contributed by atoms with Crippen molar-refractivity contribution in [1.29, 1.82) is 0 Å². The highest BCUT2D eigenvalue weighted by Crippen LogP contribution is 2.28. The fraction of sp³-hybridized carbons (Fsp3) is 0.429. The molecule has 2 aliphatic heterocycles. The molecule has 2 fully saturated rings. The van der Waals surface area contributed by atoms with Gasteiger partial charge in [-0.25, -0.2) is 9.59 Å². The van der Waals surface area contributed by atoms with Crippen molar-refractivity contribution < 1.29 is 28.7 Å². The highest BCUT2D eigenvalue weighted by Gasteiger charge is 2.33. The zero-order valence-corrected chi connectivity index (χ0v) is 35.8. The number of nitrogens with zero attached hydrogens (tertiary/aromatic N) is 3. The Balaban J connectivity index is 0.000000286. The van der Waals surface area contributed by atoms with Gasteiger partial charge in [0.05, 0.1) is 0 Å². The summed E-state index contributed by atoms with van der Waals surface area (Å²) in [5.41, 5.74) is 4.03. The molecule has 2 saturated heterocycles. The number of halogens is 1. The Morgan fingerprint density at radius 2 is 1.08 bits per heavy atom. The van der Waals surface area contributed by atoms with Crippen LogP contribution in [0.2, 0.25) is 0 Å². The minimum Gasteiger partial charge on any atom is -0.445 e.